The molecule has 2 rings (SSSR count). The van der Waals surface area contributed by atoms with E-state index in [0.717, 1.165) is 11.1 Å². The Bertz CT molecular complexity index is 626. The maximum absolute atomic E-state index is 14.1. The molecule has 0 radical (unpaired) electrons. The monoisotopic (exact) mass is 289 g/mol. The van der Waals surface area contributed by atoms with E-state index in [-0.39, 0.29) is 18.4 Å². The first kappa shape index (κ1) is 15.3. The van der Waals surface area contributed by atoms with Gasteiger partial charge in [0, 0.05) is 17.2 Å². The van der Waals surface area contributed by atoms with Crippen LogP contribution in [0.1, 0.15) is 29.7 Å². The summed E-state index contributed by atoms with van der Waals surface area (Å²) < 4.78 is 24.8. The summed E-state index contributed by atoms with van der Waals surface area (Å²) >= 11 is 0. The lowest BCUT2D eigenvalue weighted by Crippen LogP contribution is -2.09. The standard InChI is InChI=1S/C17H20FNO2/c1-11-7-8-15(14(9-11)12(2)19)21-10-13-5-4-6-16(20-3)17(13)18/h4-9,12H,10,19H2,1-3H3. The molecule has 0 aromatic heterocycles. The van der Waals surface area contributed by atoms with E-state index in [4.69, 9.17) is 15.2 Å². The lowest BCUT2D eigenvalue weighted by molar-refractivity contribution is 0.291. The van der Waals surface area contributed by atoms with Crippen LogP contribution in [0.2, 0.25) is 0 Å². The molecule has 0 aliphatic rings. The first-order valence-corrected chi connectivity index (χ1v) is 6.83. The zero-order valence-electron chi connectivity index (χ0n) is 12.5. The van der Waals surface area contributed by atoms with Gasteiger partial charge in [0.25, 0.3) is 0 Å². The second-order valence-corrected chi connectivity index (χ2v) is 5.05. The normalized spacial score (nSPS) is 12.0. The molecule has 2 aromatic carbocycles. The number of benzene rings is 2. The smallest absolute Gasteiger partial charge is 0.171 e. The van der Waals surface area contributed by atoms with Crippen molar-refractivity contribution in [3.63, 3.8) is 0 Å². The van der Waals surface area contributed by atoms with Crippen molar-refractivity contribution in [2.75, 3.05) is 7.11 Å². The fraction of sp³-hybridized carbons (Fsp3) is 0.294. The molecule has 1 atom stereocenters. The van der Waals surface area contributed by atoms with Gasteiger partial charge in [0.1, 0.15) is 12.4 Å². The molecule has 0 heterocycles. The second kappa shape index (κ2) is 6.59. The number of rotatable bonds is 5. The summed E-state index contributed by atoms with van der Waals surface area (Å²) in [5.74, 6) is 0.500. The van der Waals surface area contributed by atoms with Crippen molar-refractivity contribution >= 4 is 0 Å². The zero-order chi connectivity index (χ0) is 15.4. The second-order valence-electron chi connectivity index (χ2n) is 5.05. The van der Waals surface area contributed by atoms with Crippen molar-refractivity contribution in [1.29, 1.82) is 0 Å². The Hall–Kier alpha value is -2.07. The molecule has 0 saturated carbocycles. The minimum Gasteiger partial charge on any atom is -0.494 e. The molecule has 0 aliphatic carbocycles. The van der Waals surface area contributed by atoms with Crippen LogP contribution in [0.3, 0.4) is 0 Å². The molecule has 2 N–H and O–H groups in total. The van der Waals surface area contributed by atoms with Crippen LogP contribution >= 0.6 is 0 Å². The SMILES string of the molecule is COc1cccc(COc2ccc(C)cc2C(C)N)c1F. The summed E-state index contributed by atoms with van der Waals surface area (Å²) in [5.41, 5.74) is 8.43. The molecule has 2 aromatic rings. The van der Waals surface area contributed by atoms with Crippen molar-refractivity contribution in [3.05, 3.63) is 58.9 Å². The van der Waals surface area contributed by atoms with Crippen LogP contribution in [0.15, 0.2) is 36.4 Å². The summed E-state index contributed by atoms with van der Waals surface area (Å²) in [5, 5.41) is 0. The first-order valence-electron chi connectivity index (χ1n) is 6.83. The molecule has 1 unspecified atom stereocenters. The average Bonchev–Trinajstić information content (AvgIpc) is 2.47. The van der Waals surface area contributed by atoms with Crippen LogP contribution in [0.4, 0.5) is 4.39 Å². The Morgan fingerprint density at radius 1 is 1.19 bits per heavy atom. The lowest BCUT2D eigenvalue weighted by atomic mass is 10.1. The summed E-state index contributed by atoms with van der Waals surface area (Å²) in [6.07, 6.45) is 0. The summed E-state index contributed by atoms with van der Waals surface area (Å²) in [7, 11) is 1.44. The van der Waals surface area contributed by atoms with Gasteiger partial charge in [-0.05, 0) is 26.0 Å². The van der Waals surface area contributed by atoms with E-state index in [1.54, 1.807) is 18.2 Å². The Kier molecular flexibility index (Phi) is 4.81. The summed E-state index contributed by atoms with van der Waals surface area (Å²) in [6.45, 7) is 4.02. The quantitative estimate of drug-likeness (QED) is 0.912. The summed E-state index contributed by atoms with van der Waals surface area (Å²) in [6, 6.07) is 10.7. The van der Waals surface area contributed by atoms with Gasteiger partial charge in [-0.1, -0.05) is 29.8 Å². The van der Waals surface area contributed by atoms with Crippen molar-refractivity contribution < 1.29 is 13.9 Å². The Labute approximate surface area is 124 Å². The number of aryl methyl sites for hydroxylation is 1. The zero-order valence-corrected chi connectivity index (χ0v) is 12.5. The fourth-order valence-electron chi connectivity index (χ4n) is 2.14. The number of hydrogen-bond donors (Lipinski definition) is 1. The molecular weight excluding hydrogens is 269 g/mol. The summed E-state index contributed by atoms with van der Waals surface area (Å²) in [4.78, 5) is 0. The average molecular weight is 289 g/mol. The van der Waals surface area contributed by atoms with Crippen LogP contribution in [0.5, 0.6) is 11.5 Å². The van der Waals surface area contributed by atoms with E-state index >= 15 is 0 Å². The molecule has 4 heteroatoms. The molecule has 21 heavy (non-hydrogen) atoms. The maximum Gasteiger partial charge on any atom is 0.171 e. The van der Waals surface area contributed by atoms with E-state index in [9.17, 15) is 4.39 Å². The number of ether oxygens (including phenoxy) is 2. The van der Waals surface area contributed by atoms with Crippen molar-refractivity contribution in [1.82, 2.24) is 0 Å². The van der Waals surface area contributed by atoms with E-state index in [1.165, 1.54) is 7.11 Å². The largest absolute Gasteiger partial charge is 0.494 e. The molecule has 0 spiro atoms. The molecule has 0 amide bonds. The van der Waals surface area contributed by atoms with E-state index in [1.807, 2.05) is 32.0 Å². The molecule has 0 bridgehead atoms. The van der Waals surface area contributed by atoms with Gasteiger partial charge in [0.15, 0.2) is 11.6 Å². The molecule has 0 aliphatic heterocycles. The van der Waals surface area contributed by atoms with Crippen LogP contribution in [-0.2, 0) is 6.61 Å². The molecular formula is C17H20FNO2. The van der Waals surface area contributed by atoms with Crippen molar-refractivity contribution in [2.45, 2.75) is 26.5 Å². The number of hydrogen-bond acceptors (Lipinski definition) is 3. The molecule has 0 saturated heterocycles. The Morgan fingerprint density at radius 2 is 1.95 bits per heavy atom. The van der Waals surface area contributed by atoms with E-state index in [2.05, 4.69) is 0 Å². The Morgan fingerprint density at radius 3 is 2.62 bits per heavy atom. The number of methoxy groups -OCH3 is 1. The minimum atomic E-state index is -0.394. The van der Waals surface area contributed by atoms with E-state index < -0.39 is 5.82 Å². The van der Waals surface area contributed by atoms with Gasteiger partial charge in [-0.15, -0.1) is 0 Å². The van der Waals surface area contributed by atoms with Gasteiger partial charge in [-0.3, -0.25) is 0 Å². The highest BCUT2D eigenvalue weighted by molar-refractivity contribution is 5.39. The predicted octanol–water partition coefficient (Wildman–Crippen LogP) is 3.74. The van der Waals surface area contributed by atoms with Gasteiger partial charge in [-0.2, -0.15) is 0 Å². The number of halogens is 1. The van der Waals surface area contributed by atoms with Crippen molar-refractivity contribution in [3.8, 4) is 11.5 Å². The van der Waals surface area contributed by atoms with Gasteiger partial charge in [-0.25, -0.2) is 4.39 Å². The van der Waals surface area contributed by atoms with E-state index in [0.29, 0.717) is 11.3 Å². The van der Waals surface area contributed by atoms with Crippen LogP contribution in [0.25, 0.3) is 0 Å². The minimum absolute atomic E-state index is 0.131. The third-order valence-corrected chi connectivity index (χ3v) is 3.30. The highest BCUT2D eigenvalue weighted by Crippen LogP contribution is 2.27. The van der Waals surface area contributed by atoms with Gasteiger partial charge >= 0.3 is 0 Å². The Balaban J connectivity index is 2.21. The van der Waals surface area contributed by atoms with Crippen molar-refractivity contribution in [2.24, 2.45) is 5.73 Å². The third kappa shape index (κ3) is 3.52. The third-order valence-electron chi connectivity index (χ3n) is 3.30. The highest BCUT2D eigenvalue weighted by Gasteiger charge is 2.12. The molecule has 0 fully saturated rings. The molecule has 3 nitrogen and oxygen atoms in total. The number of nitrogens with two attached hydrogens (primary N) is 1. The highest BCUT2D eigenvalue weighted by atomic mass is 19.1. The lowest BCUT2D eigenvalue weighted by Gasteiger charge is -2.15. The molecule has 112 valence electrons. The van der Waals surface area contributed by atoms with Crippen LogP contribution in [-0.4, -0.2) is 7.11 Å². The van der Waals surface area contributed by atoms with Gasteiger partial charge in [0.2, 0.25) is 0 Å². The predicted molar refractivity (Wildman–Crippen MR) is 81.1 cm³/mol. The van der Waals surface area contributed by atoms with Crippen LogP contribution < -0.4 is 15.2 Å². The first-order chi connectivity index (χ1) is 10.0. The topological polar surface area (TPSA) is 44.5 Å². The maximum atomic E-state index is 14.1. The van der Waals surface area contributed by atoms with Crippen LogP contribution in [0, 0.1) is 12.7 Å². The van der Waals surface area contributed by atoms with Gasteiger partial charge in [0.05, 0.1) is 7.11 Å². The fourth-order valence-corrected chi connectivity index (χ4v) is 2.14. The van der Waals surface area contributed by atoms with Gasteiger partial charge < -0.3 is 15.2 Å².